The molecule has 0 atom stereocenters. The van der Waals surface area contributed by atoms with Gasteiger partial charge >= 0.3 is 18.2 Å². The van der Waals surface area contributed by atoms with Gasteiger partial charge in [0.2, 0.25) is 5.91 Å². The fraction of sp³-hybridized carbons (Fsp3) is 0.286. The van der Waals surface area contributed by atoms with Crippen LogP contribution in [0.4, 0.5) is 23.7 Å². The van der Waals surface area contributed by atoms with Gasteiger partial charge in [0.15, 0.2) is 0 Å². The molecule has 2 aliphatic rings. The molecule has 2 heterocycles. The first-order valence-electron chi connectivity index (χ1n) is 9.63. The Morgan fingerprint density at radius 3 is 2.34 bits per heavy atom. The molecule has 0 unspecified atom stereocenters. The van der Waals surface area contributed by atoms with Crippen LogP contribution in [0.1, 0.15) is 12.0 Å². The number of anilines is 1. The third-order valence-electron chi connectivity index (χ3n) is 4.73. The number of alkyl halides is 3. The zero-order valence-corrected chi connectivity index (χ0v) is 16.7. The van der Waals surface area contributed by atoms with E-state index in [2.05, 4.69) is 28.8 Å². The molecule has 170 valence electrons. The molecule has 3 N–H and O–H groups in total. The predicted octanol–water partition coefficient (Wildman–Crippen LogP) is 2.92. The minimum absolute atomic E-state index is 0.225. The molecule has 2 aromatic rings. The SMILES string of the molecule is O=C(O)C(F)(F)F.O=C1CCN(c2ccc(-c3ccc4c(c3)OCCNC4)cc2)C(=O)N1. The highest BCUT2D eigenvalue weighted by Crippen LogP contribution is 2.30. The van der Waals surface area contributed by atoms with Crippen molar-refractivity contribution in [2.24, 2.45) is 0 Å². The number of nitrogens with one attached hydrogen (secondary N) is 2. The summed E-state index contributed by atoms with van der Waals surface area (Å²) in [5.41, 5.74) is 4.07. The average molecular weight is 451 g/mol. The maximum absolute atomic E-state index is 11.9. The number of carboxylic acid groups (broad SMARTS) is 1. The lowest BCUT2D eigenvalue weighted by molar-refractivity contribution is -0.192. The molecule has 1 saturated heterocycles. The van der Waals surface area contributed by atoms with Gasteiger partial charge in [-0.3, -0.25) is 15.0 Å². The number of hydrogen-bond acceptors (Lipinski definition) is 5. The van der Waals surface area contributed by atoms with Crippen molar-refractivity contribution < 1.29 is 37.4 Å². The lowest BCUT2D eigenvalue weighted by Gasteiger charge is -2.26. The molecular formula is C21H20F3N3O5. The number of carboxylic acids is 1. The van der Waals surface area contributed by atoms with Crippen LogP contribution in [0.2, 0.25) is 0 Å². The van der Waals surface area contributed by atoms with E-state index in [1.807, 2.05) is 24.3 Å². The monoisotopic (exact) mass is 451 g/mol. The van der Waals surface area contributed by atoms with E-state index in [1.54, 1.807) is 4.90 Å². The Morgan fingerprint density at radius 1 is 1.06 bits per heavy atom. The van der Waals surface area contributed by atoms with E-state index in [0.717, 1.165) is 41.2 Å². The van der Waals surface area contributed by atoms with Crippen molar-refractivity contribution in [3.8, 4) is 16.9 Å². The van der Waals surface area contributed by atoms with Crippen LogP contribution in [0.15, 0.2) is 42.5 Å². The summed E-state index contributed by atoms with van der Waals surface area (Å²) in [4.78, 5) is 33.7. The fourth-order valence-corrected chi connectivity index (χ4v) is 3.12. The molecule has 2 aliphatic heterocycles. The maximum atomic E-state index is 11.9. The smallest absolute Gasteiger partial charge is 0.490 e. The number of imide groups is 1. The van der Waals surface area contributed by atoms with E-state index in [0.29, 0.717) is 19.6 Å². The first-order chi connectivity index (χ1) is 15.1. The standard InChI is InChI=1S/C19H19N3O3.C2HF3O2/c23-18-7-9-22(19(24)21-18)16-5-3-13(4-6-16)14-1-2-15-12-20-8-10-25-17(15)11-14;3-2(4,5)1(6)7/h1-6,11,20H,7-10,12H2,(H,21,23,24);(H,6,7). The number of carbonyl (C=O) groups is 3. The van der Waals surface area contributed by atoms with Gasteiger partial charge in [-0.2, -0.15) is 13.2 Å². The number of benzene rings is 2. The molecular weight excluding hydrogens is 431 g/mol. The number of urea groups is 1. The number of hydrogen-bond donors (Lipinski definition) is 3. The van der Waals surface area contributed by atoms with Gasteiger partial charge in [0.1, 0.15) is 12.4 Å². The largest absolute Gasteiger partial charge is 0.492 e. The van der Waals surface area contributed by atoms with E-state index >= 15 is 0 Å². The van der Waals surface area contributed by atoms with Gasteiger partial charge in [0, 0.05) is 37.3 Å². The summed E-state index contributed by atoms with van der Waals surface area (Å²) < 4.78 is 37.5. The summed E-state index contributed by atoms with van der Waals surface area (Å²) in [6.07, 6.45) is -4.76. The number of halogens is 3. The van der Waals surface area contributed by atoms with Gasteiger partial charge in [-0.25, -0.2) is 9.59 Å². The van der Waals surface area contributed by atoms with Crippen LogP contribution in [0.3, 0.4) is 0 Å². The number of aliphatic carboxylic acids is 1. The van der Waals surface area contributed by atoms with E-state index in [-0.39, 0.29) is 11.9 Å². The molecule has 2 aromatic carbocycles. The number of nitrogens with zero attached hydrogens (tertiary/aromatic N) is 1. The lowest BCUT2D eigenvalue weighted by atomic mass is 10.0. The molecule has 1 fully saturated rings. The highest BCUT2D eigenvalue weighted by molar-refractivity contribution is 6.05. The molecule has 0 bridgehead atoms. The van der Waals surface area contributed by atoms with Crippen molar-refractivity contribution in [2.45, 2.75) is 19.1 Å². The Kier molecular flexibility index (Phi) is 6.98. The Labute approximate surface area is 181 Å². The second-order valence-electron chi connectivity index (χ2n) is 6.95. The highest BCUT2D eigenvalue weighted by Gasteiger charge is 2.38. The zero-order chi connectivity index (χ0) is 23.3. The Bertz CT molecular complexity index is 1010. The third-order valence-corrected chi connectivity index (χ3v) is 4.73. The molecule has 8 nitrogen and oxygen atoms in total. The van der Waals surface area contributed by atoms with E-state index in [9.17, 15) is 22.8 Å². The summed E-state index contributed by atoms with van der Waals surface area (Å²) in [5, 5.41) is 12.8. The fourth-order valence-electron chi connectivity index (χ4n) is 3.12. The van der Waals surface area contributed by atoms with Crippen LogP contribution < -0.4 is 20.3 Å². The molecule has 0 aromatic heterocycles. The van der Waals surface area contributed by atoms with E-state index < -0.39 is 12.1 Å². The van der Waals surface area contributed by atoms with Crippen molar-refractivity contribution in [1.29, 1.82) is 0 Å². The number of fused-ring (bicyclic) bond motifs is 1. The maximum Gasteiger partial charge on any atom is 0.490 e. The zero-order valence-electron chi connectivity index (χ0n) is 16.7. The second kappa shape index (κ2) is 9.69. The van der Waals surface area contributed by atoms with Gasteiger partial charge in [0.05, 0.1) is 0 Å². The van der Waals surface area contributed by atoms with Crippen LogP contribution in [-0.2, 0) is 16.1 Å². The molecule has 0 aliphatic carbocycles. The van der Waals surface area contributed by atoms with Crippen molar-refractivity contribution in [2.75, 3.05) is 24.6 Å². The van der Waals surface area contributed by atoms with Crippen LogP contribution in [0.25, 0.3) is 11.1 Å². The summed E-state index contributed by atoms with van der Waals surface area (Å²) in [5.74, 6) is -2.06. The van der Waals surface area contributed by atoms with Crippen molar-refractivity contribution >= 4 is 23.6 Å². The van der Waals surface area contributed by atoms with E-state index in [1.165, 1.54) is 0 Å². The summed E-state index contributed by atoms with van der Waals surface area (Å²) in [6.45, 7) is 2.73. The molecule has 3 amide bonds. The number of ether oxygens (including phenoxy) is 1. The van der Waals surface area contributed by atoms with Gasteiger partial charge < -0.3 is 15.2 Å². The minimum Gasteiger partial charge on any atom is -0.492 e. The van der Waals surface area contributed by atoms with Crippen LogP contribution >= 0.6 is 0 Å². The minimum atomic E-state index is -5.08. The molecule has 4 rings (SSSR count). The molecule has 0 radical (unpaired) electrons. The van der Waals surface area contributed by atoms with Crippen molar-refractivity contribution in [1.82, 2.24) is 10.6 Å². The Hall–Kier alpha value is -3.60. The summed E-state index contributed by atoms with van der Waals surface area (Å²) >= 11 is 0. The van der Waals surface area contributed by atoms with Crippen molar-refractivity contribution in [3.05, 3.63) is 48.0 Å². The van der Waals surface area contributed by atoms with Gasteiger partial charge in [-0.15, -0.1) is 0 Å². The van der Waals surface area contributed by atoms with Gasteiger partial charge in [0.25, 0.3) is 0 Å². The predicted molar refractivity (Wildman–Crippen MR) is 108 cm³/mol. The molecule has 32 heavy (non-hydrogen) atoms. The van der Waals surface area contributed by atoms with Gasteiger partial charge in [-0.05, 0) is 29.3 Å². The number of rotatable bonds is 2. The Balaban J connectivity index is 0.000000360. The molecule has 11 heteroatoms. The van der Waals surface area contributed by atoms with Gasteiger partial charge in [-0.1, -0.05) is 24.3 Å². The topological polar surface area (TPSA) is 108 Å². The van der Waals surface area contributed by atoms with Crippen LogP contribution in [0.5, 0.6) is 5.75 Å². The summed E-state index contributed by atoms with van der Waals surface area (Å²) in [7, 11) is 0. The normalized spacial score (nSPS) is 16.0. The number of amides is 3. The first-order valence-corrected chi connectivity index (χ1v) is 9.63. The molecule has 0 spiro atoms. The van der Waals surface area contributed by atoms with Crippen LogP contribution in [0, 0.1) is 0 Å². The van der Waals surface area contributed by atoms with Crippen LogP contribution in [-0.4, -0.2) is 48.9 Å². The highest BCUT2D eigenvalue weighted by atomic mass is 19.4. The summed E-state index contributed by atoms with van der Waals surface area (Å²) in [6, 6.07) is 13.6. The lowest BCUT2D eigenvalue weighted by Crippen LogP contribution is -2.49. The Morgan fingerprint density at radius 2 is 1.72 bits per heavy atom. The van der Waals surface area contributed by atoms with E-state index in [4.69, 9.17) is 14.6 Å². The molecule has 0 saturated carbocycles. The number of carbonyl (C=O) groups excluding carboxylic acids is 2. The average Bonchev–Trinajstić information content (AvgIpc) is 2.98. The van der Waals surface area contributed by atoms with Crippen molar-refractivity contribution in [3.63, 3.8) is 0 Å². The first kappa shape index (κ1) is 23.1. The second-order valence-corrected chi connectivity index (χ2v) is 6.95. The third kappa shape index (κ3) is 5.76. The quantitative estimate of drug-likeness (QED) is 0.648.